The van der Waals surface area contributed by atoms with Crippen molar-refractivity contribution in [3.8, 4) is 0 Å². The molecule has 1 aliphatic heterocycles. The van der Waals surface area contributed by atoms with Gasteiger partial charge in [-0.05, 0) is 55.8 Å². The minimum Gasteiger partial charge on any atom is -0.469 e. The number of rotatable bonds is 7. The molecular formula is C27H26F3N3O3. The number of benzene rings is 2. The molecule has 0 aromatic heterocycles. The predicted molar refractivity (Wildman–Crippen MR) is 132 cm³/mol. The Bertz CT molecular complexity index is 1230. The highest BCUT2D eigenvalue weighted by Gasteiger charge is 2.30. The van der Waals surface area contributed by atoms with Crippen LogP contribution in [0, 0.1) is 0 Å². The van der Waals surface area contributed by atoms with E-state index in [0.717, 1.165) is 46.9 Å². The molecule has 0 saturated carbocycles. The van der Waals surface area contributed by atoms with Crippen molar-refractivity contribution < 1.29 is 27.5 Å². The van der Waals surface area contributed by atoms with Crippen LogP contribution in [0.2, 0.25) is 0 Å². The molecular weight excluding hydrogens is 471 g/mol. The van der Waals surface area contributed by atoms with Gasteiger partial charge in [-0.25, -0.2) is 4.99 Å². The third-order valence-corrected chi connectivity index (χ3v) is 5.42. The predicted octanol–water partition coefficient (Wildman–Crippen LogP) is 6.10. The fourth-order valence-electron chi connectivity index (χ4n) is 3.61. The standard InChI is InChI=1S/C27H26F3N3O3/c1-4-14-33-23(5-2)20(16-25(34)36-3)17-31-24(33)15-18-6-12-22(13-7-18)32-26(35)19-8-10-21(11-9-19)27(28,29)30/h4-14,17H,15-16H2,1-3H3,(H,32,35)/b14-4-,23-5?. The highest BCUT2D eigenvalue weighted by Crippen LogP contribution is 2.29. The molecule has 6 nitrogen and oxygen atoms in total. The Labute approximate surface area is 207 Å². The summed E-state index contributed by atoms with van der Waals surface area (Å²) in [4.78, 5) is 30.7. The number of methoxy groups -OCH3 is 1. The molecule has 0 saturated heterocycles. The van der Waals surface area contributed by atoms with E-state index in [2.05, 4.69) is 10.3 Å². The molecule has 188 valence electrons. The van der Waals surface area contributed by atoms with Gasteiger partial charge in [0.05, 0.1) is 19.1 Å². The van der Waals surface area contributed by atoms with E-state index in [4.69, 9.17) is 4.74 Å². The Hall–Kier alpha value is -4.14. The molecule has 3 rings (SSSR count). The minimum absolute atomic E-state index is 0.105. The normalized spacial score (nSPS) is 15.1. The Kier molecular flexibility index (Phi) is 8.47. The maximum Gasteiger partial charge on any atom is 0.416 e. The van der Waals surface area contributed by atoms with E-state index >= 15 is 0 Å². The Morgan fingerprint density at radius 3 is 2.28 bits per heavy atom. The molecule has 9 heteroatoms. The first-order chi connectivity index (χ1) is 17.2. The molecule has 0 atom stereocenters. The molecule has 0 radical (unpaired) electrons. The van der Waals surface area contributed by atoms with Crippen LogP contribution in [0.3, 0.4) is 0 Å². The van der Waals surface area contributed by atoms with Crippen molar-refractivity contribution in [1.29, 1.82) is 0 Å². The summed E-state index contributed by atoms with van der Waals surface area (Å²) in [6.45, 7) is 3.77. The average Bonchev–Trinajstić information content (AvgIpc) is 2.86. The van der Waals surface area contributed by atoms with Crippen molar-refractivity contribution in [2.75, 3.05) is 12.4 Å². The molecule has 2 aromatic rings. The maximum absolute atomic E-state index is 12.7. The lowest BCUT2D eigenvalue weighted by atomic mass is 10.0. The molecule has 0 fully saturated rings. The molecule has 0 bridgehead atoms. The van der Waals surface area contributed by atoms with E-state index in [-0.39, 0.29) is 18.0 Å². The number of nitrogens with zero attached hydrogens (tertiary/aromatic N) is 2. The van der Waals surface area contributed by atoms with Gasteiger partial charge in [-0.15, -0.1) is 0 Å². The van der Waals surface area contributed by atoms with E-state index in [9.17, 15) is 22.8 Å². The number of amidine groups is 1. The molecule has 36 heavy (non-hydrogen) atoms. The van der Waals surface area contributed by atoms with Crippen LogP contribution in [0.15, 0.2) is 89.3 Å². The van der Waals surface area contributed by atoms with Crippen LogP contribution < -0.4 is 5.32 Å². The van der Waals surface area contributed by atoms with Crippen molar-refractivity contribution in [2.45, 2.75) is 32.9 Å². The number of allylic oxidation sites excluding steroid dienone is 3. The van der Waals surface area contributed by atoms with E-state index in [1.165, 1.54) is 7.11 Å². The number of hydrogen-bond acceptors (Lipinski definition) is 5. The van der Waals surface area contributed by atoms with E-state index in [1.807, 2.05) is 49.2 Å². The third kappa shape index (κ3) is 6.50. The zero-order chi connectivity index (χ0) is 26.3. The Balaban J connectivity index is 1.72. The second kappa shape index (κ2) is 11.5. The van der Waals surface area contributed by atoms with E-state index in [1.54, 1.807) is 18.3 Å². The molecule has 0 unspecified atom stereocenters. The molecule has 1 amide bonds. The zero-order valence-corrected chi connectivity index (χ0v) is 20.1. The van der Waals surface area contributed by atoms with Crippen molar-refractivity contribution >= 4 is 23.4 Å². The molecule has 1 N–H and O–H groups in total. The minimum atomic E-state index is -4.46. The van der Waals surface area contributed by atoms with Gasteiger partial charge in [-0.1, -0.05) is 24.3 Å². The van der Waals surface area contributed by atoms with Gasteiger partial charge in [-0.3, -0.25) is 9.59 Å². The number of anilines is 1. The van der Waals surface area contributed by atoms with Crippen molar-refractivity contribution in [3.63, 3.8) is 0 Å². The smallest absolute Gasteiger partial charge is 0.416 e. The summed E-state index contributed by atoms with van der Waals surface area (Å²) < 4.78 is 43.0. The van der Waals surface area contributed by atoms with Gasteiger partial charge in [0, 0.05) is 41.3 Å². The average molecular weight is 498 g/mol. The number of esters is 1. The lowest BCUT2D eigenvalue weighted by Crippen LogP contribution is -2.30. The summed E-state index contributed by atoms with van der Waals surface area (Å²) in [5.74, 6) is -0.113. The fraction of sp³-hybridized carbons (Fsp3) is 0.222. The summed E-state index contributed by atoms with van der Waals surface area (Å²) in [5, 5.41) is 2.69. The van der Waals surface area contributed by atoms with Gasteiger partial charge >= 0.3 is 12.1 Å². The van der Waals surface area contributed by atoms with Crippen molar-refractivity contribution in [3.05, 3.63) is 101 Å². The molecule has 1 aliphatic rings. The Morgan fingerprint density at radius 2 is 1.72 bits per heavy atom. The number of halogens is 3. The fourth-order valence-corrected chi connectivity index (χ4v) is 3.61. The summed E-state index contributed by atoms with van der Waals surface area (Å²) in [7, 11) is 1.34. The largest absolute Gasteiger partial charge is 0.469 e. The van der Waals surface area contributed by atoms with Crippen LogP contribution >= 0.6 is 0 Å². The van der Waals surface area contributed by atoms with Gasteiger partial charge < -0.3 is 15.0 Å². The van der Waals surface area contributed by atoms with Crippen LogP contribution in [-0.2, 0) is 22.1 Å². The first kappa shape index (κ1) is 26.5. The van der Waals surface area contributed by atoms with Gasteiger partial charge in [-0.2, -0.15) is 13.2 Å². The van der Waals surface area contributed by atoms with Gasteiger partial charge in [0.15, 0.2) is 0 Å². The molecule has 0 aliphatic carbocycles. The lowest BCUT2D eigenvalue weighted by molar-refractivity contribution is -0.140. The lowest BCUT2D eigenvalue weighted by Gasteiger charge is -2.29. The SMILES string of the molecule is CC=C1C(CC(=O)OC)=CN=C(Cc2ccc(NC(=O)c3ccc(C(F)(F)F)cc3)cc2)N1/C=C\C. The molecule has 1 heterocycles. The highest BCUT2D eigenvalue weighted by molar-refractivity contribution is 6.04. The van der Waals surface area contributed by atoms with Crippen LogP contribution in [0.25, 0.3) is 0 Å². The van der Waals surface area contributed by atoms with Crippen LogP contribution in [-0.4, -0.2) is 29.7 Å². The van der Waals surface area contributed by atoms with E-state index < -0.39 is 17.6 Å². The first-order valence-electron chi connectivity index (χ1n) is 11.1. The number of carbonyl (C=O) groups excluding carboxylic acids is 2. The van der Waals surface area contributed by atoms with E-state index in [0.29, 0.717) is 12.1 Å². The summed E-state index contributed by atoms with van der Waals surface area (Å²) >= 11 is 0. The quantitative estimate of drug-likeness (QED) is 0.470. The van der Waals surface area contributed by atoms with Gasteiger partial charge in [0.25, 0.3) is 5.91 Å². The number of amides is 1. The summed E-state index contributed by atoms with van der Waals surface area (Å²) in [6.07, 6.45) is 3.45. The number of carbonyl (C=O) groups is 2. The Morgan fingerprint density at radius 1 is 1.06 bits per heavy atom. The van der Waals surface area contributed by atoms with Crippen LogP contribution in [0.5, 0.6) is 0 Å². The van der Waals surface area contributed by atoms with Crippen LogP contribution in [0.4, 0.5) is 18.9 Å². The number of aliphatic imine (C=N–C) groups is 1. The van der Waals surface area contributed by atoms with Gasteiger partial charge in [0.2, 0.25) is 0 Å². The second-order valence-corrected chi connectivity index (χ2v) is 7.88. The van der Waals surface area contributed by atoms with Crippen molar-refractivity contribution in [1.82, 2.24) is 4.90 Å². The first-order valence-corrected chi connectivity index (χ1v) is 11.1. The molecule has 2 aromatic carbocycles. The summed E-state index contributed by atoms with van der Waals surface area (Å²) in [6, 6.07) is 11.1. The maximum atomic E-state index is 12.7. The third-order valence-electron chi connectivity index (χ3n) is 5.42. The molecule has 0 spiro atoms. The zero-order valence-electron chi connectivity index (χ0n) is 20.1. The highest BCUT2D eigenvalue weighted by atomic mass is 19.4. The van der Waals surface area contributed by atoms with Gasteiger partial charge in [0.1, 0.15) is 5.84 Å². The number of nitrogens with one attached hydrogen (secondary N) is 1. The van der Waals surface area contributed by atoms with Crippen LogP contribution in [0.1, 0.15) is 41.8 Å². The summed E-state index contributed by atoms with van der Waals surface area (Å²) in [5.41, 5.74) is 2.33. The second-order valence-electron chi connectivity index (χ2n) is 7.88. The van der Waals surface area contributed by atoms with Crippen molar-refractivity contribution in [2.24, 2.45) is 4.99 Å². The number of alkyl halides is 3. The topological polar surface area (TPSA) is 71.0 Å². The number of ether oxygens (including phenoxy) is 1. The number of hydrogen-bond donors (Lipinski definition) is 1. The monoisotopic (exact) mass is 497 g/mol.